The Bertz CT molecular complexity index is 1080. The highest BCUT2D eigenvalue weighted by atomic mass is 35.5. The van der Waals surface area contributed by atoms with Crippen LogP contribution in [0.4, 0.5) is 0 Å². The lowest BCUT2D eigenvalue weighted by Crippen LogP contribution is -2.50. The highest BCUT2D eigenvalue weighted by Gasteiger charge is 2.28. The SMILES string of the molecule is CC[C@H](C(=O)N1CCN(C[C@H](OCc2cccc(C)c2)c2ccc(Cl)cc2)CC1)c1ccccc1. The summed E-state index contributed by atoms with van der Waals surface area (Å²) >= 11 is 6.14. The lowest BCUT2D eigenvalue weighted by Gasteiger charge is -2.38. The van der Waals surface area contributed by atoms with Crippen molar-refractivity contribution >= 4 is 17.5 Å². The van der Waals surface area contributed by atoms with Gasteiger partial charge in [0.05, 0.1) is 18.6 Å². The van der Waals surface area contributed by atoms with Crippen molar-refractivity contribution in [1.29, 1.82) is 0 Å². The largest absolute Gasteiger partial charge is 0.368 e. The fraction of sp³-hybridized carbons (Fsp3) is 0.367. The Morgan fingerprint density at radius 3 is 2.29 bits per heavy atom. The van der Waals surface area contributed by atoms with Gasteiger partial charge >= 0.3 is 0 Å². The maximum atomic E-state index is 13.3. The standard InChI is InChI=1S/C30H35ClN2O2/c1-3-28(25-10-5-4-6-11-25)30(34)33-18-16-32(17-19-33)21-29(26-12-14-27(31)15-13-26)35-22-24-9-7-8-23(2)20-24/h4-15,20,28-29H,3,16-19,21-22H2,1-2H3/t28-,29-/m0/s1. The van der Waals surface area contributed by atoms with E-state index in [4.69, 9.17) is 16.3 Å². The summed E-state index contributed by atoms with van der Waals surface area (Å²) in [6.45, 7) is 8.70. The predicted molar refractivity (Wildman–Crippen MR) is 143 cm³/mol. The third kappa shape index (κ3) is 6.94. The molecule has 35 heavy (non-hydrogen) atoms. The zero-order valence-electron chi connectivity index (χ0n) is 20.7. The number of halogens is 1. The molecule has 1 heterocycles. The monoisotopic (exact) mass is 490 g/mol. The first-order chi connectivity index (χ1) is 17.0. The van der Waals surface area contributed by atoms with Crippen molar-refractivity contribution in [2.75, 3.05) is 32.7 Å². The third-order valence-electron chi connectivity index (χ3n) is 6.79. The van der Waals surface area contributed by atoms with E-state index in [2.05, 4.69) is 67.3 Å². The van der Waals surface area contributed by atoms with Crippen molar-refractivity contribution in [2.24, 2.45) is 0 Å². The molecule has 1 fully saturated rings. The van der Waals surface area contributed by atoms with E-state index in [1.165, 1.54) is 11.1 Å². The summed E-state index contributed by atoms with van der Waals surface area (Å²) in [6.07, 6.45) is 0.747. The second-order valence-electron chi connectivity index (χ2n) is 9.34. The fourth-order valence-electron chi connectivity index (χ4n) is 4.77. The Morgan fingerprint density at radius 2 is 1.63 bits per heavy atom. The second kappa shape index (κ2) is 12.3. The molecule has 0 radical (unpaired) electrons. The summed E-state index contributed by atoms with van der Waals surface area (Å²) in [4.78, 5) is 17.7. The second-order valence-corrected chi connectivity index (χ2v) is 9.77. The van der Waals surface area contributed by atoms with E-state index >= 15 is 0 Å². The fourth-order valence-corrected chi connectivity index (χ4v) is 4.90. The number of benzene rings is 3. The number of carbonyl (C=O) groups is 1. The minimum absolute atomic E-state index is 0.0669. The van der Waals surface area contributed by atoms with Crippen LogP contribution >= 0.6 is 11.6 Å². The van der Waals surface area contributed by atoms with Gasteiger partial charge < -0.3 is 9.64 Å². The van der Waals surface area contributed by atoms with Crippen LogP contribution in [-0.2, 0) is 16.1 Å². The lowest BCUT2D eigenvalue weighted by molar-refractivity contribution is -0.135. The van der Waals surface area contributed by atoms with Gasteiger partial charge in [-0.2, -0.15) is 0 Å². The maximum Gasteiger partial charge on any atom is 0.230 e. The maximum absolute atomic E-state index is 13.3. The quantitative estimate of drug-likeness (QED) is 0.355. The summed E-state index contributed by atoms with van der Waals surface area (Å²) in [7, 11) is 0. The summed E-state index contributed by atoms with van der Waals surface area (Å²) in [5.74, 6) is 0.172. The lowest BCUT2D eigenvalue weighted by atomic mass is 9.95. The van der Waals surface area contributed by atoms with Crippen molar-refractivity contribution < 1.29 is 9.53 Å². The first-order valence-electron chi connectivity index (χ1n) is 12.5. The van der Waals surface area contributed by atoms with Crippen LogP contribution in [0.25, 0.3) is 0 Å². The molecule has 3 aromatic rings. The van der Waals surface area contributed by atoms with Gasteiger partial charge in [0, 0.05) is 37.7 Å². The van der Waals surface area contributed by atoms with Crippen LogP contribution in [0.3, 0.4) is 0 Å². The third-order valence-corrected chi connectivity index (χ3v) is 7.04. The molecule has 0 spiro atoms. The highest BCUT2D eigenvalue weighted by molar-refractivity contribution is 6.30. The van der Waals surface area contributed by atoms with Crippen LogP contribution in [0.5, 0.6) is 0 Å². The highest BCUT2D eigenvalue weighted by Crippen LogP contribution is 2.25. The smallest absolute Gasteiger partial charge is 0.230 e. The van der Waals surface area contributed by atoms with E-state index < -0.39 is 0 Å². The molecule has 5 heteroatoms. The van der Waals surface area contributed by atoms with Crippen molar-refractivity contribution in [3.05, 3.63) is 106 Å². The number of hydrogen-bond acceptors (Lipinski definition) is 3. The molecule has 1 saturated heterocycles. The Kier molecular flexibility index (Phi) is 8.97. The number of aryl methyl sites for hydroxylation is 1. The summed E-state index contributed by atoms with van der Waals surface area (Å²) in [5.41, 5.74) is 4.63. The molecule has 1 aliphatic rings. The summed E-state index contributed by atoms with van der Waals surface area (Å²) in [5, 5.41) is 0.724. The number of piperazine rings is 1. The number of nitrogens with zero attached hydrogens (tertiary/aromatic N) is 2. The molecule has 184 valence electrons. The molecule has 2 atom stereocenters. The number of carbonyl (C=O) groups excluding carboxylic acids is 1. The van der Waals surface area contributed by atoms with Crippen LogP contribution in [0.1, 0.15) is 47.6 Å². The predicted octanol–water partition coefficient (Wildman–Crippen LogP) is 6.24. The summed E-state index contributed by atoms with van der Waals surface area (Å²) < 4.78 is 6.43. The number of ether oxygens (including phenoxy) is 1. The molecule has 4 rings (SSSR count). The van der Waals surface area contributed by atoms with Crippen molar-refractivity contribution in [3.8, 4) is 0 Å². The molecule has 3 aromatic carbocycles. The van der Waals surface area contributed by atoms with Gasteiger partial charge in [-0.15, -0.1) is 0 Å². The van der Waals surface area contributed by atoms with Gasteiger partial charge in [0.25, 0.3) is 0 Å². The number of hydrogen-bond donors (Lipinski definition) is 0. The Hall–Kier alpha value is -2.66. The molecule has 0 saturated carbocycles. The van der Waals surface area contributed by atoms with Gasteiger partial charge in [0.1, 0.15) is 0 Å². The molecule has 0 bridgehead atoms. The molecule has 1 amide bonds. The van der Waals surface area contributed by atoms with Gasteiger partial charge in [-0.1, -0.05) is 90.8 Å². The average Bonchev–Trinajstić information content (AvgIpc) is 2.88. The minimum Gasteiger partial charge on any atom is -0.368 e. The first kappa shape index (κ1) is 25.4. The molecule has 0 aromatic heterocycles. The van der Waals surface area contributed by atoms with E-state index in [9.17, 15) is 4.79 Å². The molecule has 4 nitrogen and oxygen atoms in total. The van der Waals surface area contributed by atoms with Crippen LogP contribution in [-0.4, -0.2) is 48.4 Å². The van der Waals surface area contributed by atoms with Gasteiger partial charge in [-0.25, -0.2) is 0 Å². The molecule has 1 aliphatic heterocycles. The molecule has 0 aliphatic carbocycles. The molecule has 0 N–H and O–H groups in total. The van der Waals surface area contributed by atoms with E-state index in [0.29, 0.717) is 6.61 Å². The Labute approximate surface area is 214 Å². The van der Waals surface area contributed by atoms with Crippen molar-refractivity contribution in [1.82, 2.24) is 9.80 Å². The van der Waals surface area contributed by atoms with Crippen molar-refractivity contribution in [3.63, 3.8) is 0 Å². The van der Waals surface area contributed by atoms with Gasteiger partial charge in [-0.05, 0) is 42.2 Å². The summed E-state index contributed by atoms with van der Waals surface area (Å²) in [6, 6.07) is 26.5. The normalized spacial score (nSPS) is 16.1. The zero-order chi connectivity index (χ0) is 24.6. The first-order valence-corrected chi connectivity index (χ1v) is 12.9. The number of amides is 1. The topological polar surface area (TPSA) is 32.8 Å². The Morgan fingerprint density at radius 1 is 0.914 bits per heavy atom. The molecular formula is C30H35ClN2O2. The Balaban J connectivity index is 1.38. The van der Waals surface area contributed by atoms with E-state index in [-0.39, 0.29) is 17.9 Å². The van der Waals surface area contributed by atoms with Crippen LogP contribution < -0.4 is 0 Å². The van der Waals surface area contributed by atoms with Crippen LogP contribution in [0.15, 0.2) is 78.9 Å². The van der Waals surface area contributed by atoms with E-state index in [1.807, 2.05) is 35.2 Å². The van der Waals surface area contributed by atoms with Gasteiger partial charge in [0.2, 0.25) is 5.91 Å². The average molecular weight is 491 g/mol. The number of rotatable bonds is 9. The van der Waals surface area contributed by atoms with Crippen molar-refractivity contribution in [2.45, 2.75) is 38.9 Å². The van der Waals surface area contributed by atoms with E-state index in [0.717, 1.165) is 55.3 Å². The zero-order valence-corrected chi connectivity index (χ0v) is 21.5. The van der Waals surface area contributed by atoms with Gasteiger partial charge in [-0.3, -0.25) is 9.69 Å². The van der Waals surface area contributed by atoms with Gasteiger partial charge in [0.15, 0.2) is 0 Å². The van der Waals surface area contributed by atoms with Crippen LogP contribution in [0, 0.1) is 6.92 Å². The molecular weight excluding hydrogens is 456 g/mol. The van der Waals surface area contributed by atoms with E-state index in [1.54, 1.807) is 0 Å². The minimum atomic E-state index is -0.0674. The van der Waals surface area contributed by atoms with Crippen LogP contribution in [0.2, 0.25) is 5.02 Å². The molecule has 0 unspecified atom stereocenters.